The second-order valence-electron chi connectivity index (χ2n) is 4.23. The number of sulfonamides is 1. The number of anilines is 1. The monoisotopic (exact) mass is 294 g/mol. The van der Waals surface area contributed by atoms with Gasteiger partial charge in [0, 0.05) is 5.69 Å². The quantitative estimate of drug-likeness (QED) is 0.453. The lowest BCUT2D eigenvalue weighted by Gasteiger charge is -2.07. The summed E-state index contributed by atoms with van der Waals surface area (Å²) >= 11 is 0. The minimum Gasteiger partial charge on any atom is -0.411 e. The average Bonchev–Trinajstić information content (AvgIpc) is 2.85. The van der Waals surface area contributed by atoms with Gasteiger partial charge in [-0.1, -0.05) is 17.3 Å². The van der Waals surface area contributed by atoms with Gasteiger partial charge in [-0.05, 0) is 31.5 Å². The van der Waals surface area contributed by atoms with Crippen molar-refractivity contribution in [1.82, 2.24) is 10.2 Å². The molecule has 106 valence electrons. The van der Waals surface area contributed by atoms with Crippen molar-refractivity contribution in [3.05, 3.63) is 41.7 Å². The molecule has 0 fully saturated rings. The molecule has 7 nitrogen and oxygen atoms in total. The Morgan fingerprint density at radius 3 is 2.50 bits per heavy atom. The van der Waals surface area contributed by atoms with Crippen LogP contribution in [0.2, 0.25) is 0 Å². The summed E-state index contributed by atoms with van der Waals surface area (Å²) in [5.74, 6) is 0. The molecule has 1 heterocycles. The summed E-state index contributed by atoms with van der Waals surface area (Å²) in [4.78, 5) is 0.106. The van der Waals surface area contributed by atoms with Gasteiger partial charge in [0.25, 0.3) is 10.0 Å². The van der Waals surface area contributed by atoms with Crippen molar-refractivity contribution in [3.63, 3.8) is 0 Å². The fourth-order valence-corrected chi connectivity index (χ4v) is 2.85. The van der Waals surface area contributed by atoms with Crippen molar-refractivity contribution >= 4 is 21.4 Å². The van der Waals surface area contributed by atoms with E-state index in [9.17, 15) is 8.42 Å². The number of hydrogen-bond acceptors (Lipinski definition) is 5. The van der Waals surface area contributed by atoms with Crippen molar-refractivity contribution in [2.45, 2.75) is 18.7 Å². The van der Waals surface area contributed by atoms with E-state index in [1.54, 1.807) is 38.1 Å². The molecule has 0 aliphatic rings. The lowest BCUT2D eigenvalue weighted by molar-refractivity contribution is 0.319. The Balaban J connectivity index is 2.25. The normalized spacial score (nSPS) is 12.4. The molecule has 0 unspecified atom stereocenters. The smallest absolute Gasteiger partial charge is 0.265 e. The molecule has 20 heavy (non-hydrogen) atoms. The Morgan fingerprint density at radius 1 is 1.35 bits per heavy atom. The molecule has 0 atom stereocenters. The molecular formula is C12H14N4O3S. The van der Waals surface area contributed by atoms with E-state index in [1.807, 2.05) is 0 Å². The molecule has 8 heteroatoms. The lowest BCUT2D eigenvalue weighted by Crippen LogP contribution is -2.13. The van der Waals surface area contributed by atoms with Gasteiger partial charge in [-0.15, -0.1) is 0 Å². The van der Waals surface area contributed by atoms with E-state index in [4.69, 9.17) is 5.21 Å². The van der Waals surface area contributed by atoms with Crippen molar-refractivity contribution in [2.24, 2.45) is 5.16 Å². The molecular weight excluding hydrogens is 280 g/mol. The van der Waals surface area contributed by atoms with Crippen molar-refractivity contribution in [1.29, 1.82) is 0 Å². The predicted molar refractivity (Wildman–Crippen MR) is 74.6 cm³/mol. The van der Waals surface area contributed by atoms with Crippen LogP contribution in [-0.2, 0) is 10.0 Å². The van der Waals surface area contributed by atoms with E-state index >= 15 is 0 Å². The van der Waals surface area contributed by atoms with Gasteiger partial charge in [-0.3, -0.25) is 9.82 Å². The molecule has 0 aliphatic heterocycles. The van der Waals surface area contributed by atoms with Crippen LogP contribution in [0.4, 0.5) is 5.69 Å². The first-order valence-corrected chi connectivity index (χ1v) is 7.24. The van der Waals surface area contributed by atoms with E-state index in [-0.39, 0.29) is 4.90 Å². The number of aromatic amines is 1. The summed E-state index contributed by atoms with van der Waals surface area (Å²) in [5, 5.41) is 18.0. The molecule has 0 aliphatic carbocycles. The third kappa shape index (κ3) is 2.80. The number of benzene rings is 1. The number of hydrogen-bond donors (Lipinski definition) is 3. The Kier molecular flexibility index (Phi) is 3.75. The summed E-state index contributed by atoms with van der Waals surface area (Å²) < 4.78 is 26.7. The lowest BCUT2D eigenvalue weighted by atomic mass is 10.1. The zero-order chi connectivity index (χ0) is 14.8. The van der Waals surface area contributed by atoms with Gasteiger partial charge >= 0.3 is 0 Å². The van der Waals surface area contributed by atoms with E-state index < -0.39 is 10.0 Å². The number of aryl methyl sites for hydroxylation is 1. The van der Waals surface area contributed by atoms with Crippen LogP contribution in [0.5, 0.6) is 0 Å². The molecule has 0 saturated heterocycles. The minimum absolute atomic E-state index is 0.106. The third-order valence-electron chi connectivity index (χ3n) is 2.78. The number of rotatable bonds is 4. The summed E-state index contributed by atoms with van der Waals surface area (Å²) in [5.41, 5.74) is 2.04. The topological polar surface area (TPSA) is 107 Å². The highest BCUT2D eigenvalue weighted by Crippen LogP contribution is 2.18. The van der Waals surface area contributed by atoms with E-state index in [0.29, 0.717) is 22.7 Å². The molecule has 1 aromatic carbocycles. The van der Waals surface area contributed by atoms with Crippen molar-refractivity contribution in [3.8, 4) is 0 Å². The highest BCUT2D eigenvalue weighted by atomic mass is 32.2. The maximum Gasteiger partial charge on any atom is 0.265 e. The zero-order valence-electron chi connectivity index (χ0n) is 11.0. The predicted octanol–water partition coefficient (Wildman–Crippen LogP) is 1.72. The molecule has 0 saturated carbocycles. The molecule has 0 spiro atoms. The van der Waals surface area contributed by atoms with Gasteiger partial charge in [0.1, 0.15) is 4.90 Å². The Bertz CT molecular complexity index is 732. The fourth-order valence-electron chi connectivity index (χ4n) is 1.66. The number of oxime groups is 1. The Labute approximate surface area is 116 Å². The van der Waals surface area contributed by atoms with Gasteiger partial charge in [-0.25, -0.2) is 8.42 Å². The van der Waals surface area contributed by atoms with Gasteiger partial charge in [-0.2, -0.15) is 5.10 Å². The van der Waals surface area contributed by atoms with Crippen LogP contribution in [0, 0.1) is 6.92 Å². The third-order valence-corrected chi connectivity index (χ3v) is 4.27. The number of aromatic nitrogens is 2. The first kappa shape index (κ1) is 14.1. The van der Waals surface area contributed by atoms with Crippen LogP contribution in [0.3, 0.4) is 0 Å². The summed E-state index contributed by atoms with van der Waals surface area (Å²) in [6.07, 6.45) is 1.26. The fraction of sp³-hybridized carbons (Fsp3) is 0.167. The van der Waals surface area contributed by atoms with Gasteiger partial charge in [0.2, 0.25) is 0 Å². The van der Waals surface area contributed by atoms with Crippen LogP contribution >= 0.6 is 0 Å². The molecule has 3 N–H and O–H groups in total. The molecule has 2 rings (SSSR count). The molecule has 1 aromatic heterocycles. The molecule has 2 aromatic rings. The maximum absolute atomic E-state index is 12.1. The molecule has 0 radical (unpaired) electrons. The number of H-pyrrole nitrogens is 1. The highest BCUT2D eigenvalue weighted by molar-refractivity contribution is 7.92. The first-order chi connectivity index (χ1) is 9.44. The Hall–Kier alpha value is -2.35. The highest BCUT2D eigenvalue weighted by Gasteiger charge is 2.18. The summed E-state index contributed by atoms with van der Waals surface area (Å²) in [7, 11) is -3.66. The summed E-state index contributed by atoms with van der Waals surface area (Å²) in [6, 6.07) is 6.51. The number of nitrogens with one attached hydrogen (secondary N) is 2. The second-order valence-corrected chi connectivity index (χ2v) is 5.88. The van der Waals surface area contributed by atoms with Crippen LogP contribution in [0.15, 0.2) is 40.5 Å². The zero-order valence-corrected chi connectivity index (χ0v) is 11.8. The van der Waals surface area contributed by atoms with E-state index in [1.165, 1.54) is 6.20 Å². The molecule has 0 bridgehead atoms. The van der Waals surface area contributed by atoms with Crippen LogP contribution in [0.25, 0.3) is 0 Å². The first-order valence-electron chi connectivity index (χ1n) is 5.76. The SMILES string of the molecule is C/C(=N\O)c1ccc(NS(=O)(=O)c2cn[nH]c2C)cc1. The second kappa shape index (κ2) is 5.33. The van der Waals surface area contributed by atoms with Gasteiger partial charge in [0.15, 0.2) is 0 Å². The minimum atomic E-state index is -3.66. The largest absolute Gasteiger partial charge is 0.411 e. The van der Waals surface area contributed by atoms with Crippen LogP contribution in [0.1, 0.15) is 18.2 Å². The van der Waals surface area contributed by atoms with Crippen molar-refractivity contribution < 1.29 is 13.6 Å². The van der Waals surface area contributed by atoms with Crippen LogP contribution < -0.4 is 4.72 Å². The average molecular weight is 294 g/mol. The van der Waals surface area contributed by atoms with Gasteiger partial charge < -0.3 is 5.21 Å². The van der Waals surface area contributed by atoms with Gasteiger partial charge in [0.05, 0.1) is 17.6 Å². The Morgan fingerprint density at radius 2 is 2.00 bits per heavy atom. The number of nitrogens with zero attached hydrogens (tertiary/aromatic N) is 2. The van der Waals surface area contributed by atoms with Crippen molar-refractivity contribution in [2.75, 3.05) is 4.72 Å². The maximum atomic E-state index is 12.1. The van der Waals surface area contributed by atoms with E-state index in [2.05, 4.69) is 20.1 Å². The van der Waals surface area contributed by atoms with E-state index in [0.717, 1.165) is 0 Å². The summed E-state index contributed by atoms with van der Waals surface area (Å²) in [6.45, 7) is 3.28. The standard InChI is InChI=1S/C12H14N4O3S/c1-8(15-17)10-3-5-11(6-4-10)16-20(18,19)12-7-13-14-9(12)2/h3-7,16-17H,1-2H3,(H,13,14)/b15-8+. The van der Waals surface area contributed by atoms with Crippen LogP contribution in [-0.4, -0.2) is 29.5 Å². The molecule has 0 amide bonds.